The SMILES string of the molecule is O=C(O)CC(F)(F)C1=C([N+](=O)[O-])/C(=C/c2ccc(Cl)cc2Cl)C(F)C=C1. The van der Waals surface area contributed by atoms with Gasteiger partial charge in [-0.25, -0.2) is 13.2 Å². The molecule has 0 saturated heterocycles. The molecule has 1 aliphatic carbocycles. The Morgan fingerprint density at radius 3 is 2.58 bits per heavy atom. The Morgan fingerprint density at radius 1 is 1.38 bits per heavy atom. The van der Waals surface area contributed by atoms with Crippen molar-refractivity contribution in [2.75, 3.05) is 0 Å². The second-order valence-electron chi connectivity index (χ2n) is 5.32. The van der Waals surface area contributed by atoms with Gasteiger partial charge in [0.1, 0.15) is 6.42 Å². The predicted molar refractivity (Wildman–Crippen MR) is 89.7 cm³/mol. The molecule has 0 spiro atoms. The highest BCUT2D eigenvalue weighted by molar-refractivity contribution is 6.35. The van der Waals surface area contributed by atoms with Crippen molar-refractivity contribution >= 4 is 35.2 Å². The third kappa shape index (κ3) is 4.25. The molecular formula is C16H10Cl2F3NO4. The molecule has 5 nitrogen and oxygen atoms in total. The Balaban J connectivity index is 2.67. The summed E-state index contributed by atoms with van der Waals surface area (Å²) in [5, 5.41) is 20.3. The number of carboxylic acid groups (broad SMARTS) is 1. The van der Waals surface area contributed by atoms with Gasteiger partial charge in [0, 0.05) is 10.0 Å². The van der Waals surface area contributed by atoms with Gasteiger partial charge in [0.15, 0.2) is 6.17 Å². The number of nitro groups is 1. The summed E-state index contributed by atoms with van der Waals surface area (Å²) < 4.78 is 42.6. The number of hydrogen-bond donors (Lipinski definition) is 1. The number of carboxylic acids is 1. The number of aliphatic carboxylic acids is 1. The van der Waals surface area contributed by atoms with Gasteiger partial charge in [0.2, 0.25) is 0 Å². The number of hydrogen-bond acceptors (Lipinski definition) is 3. The second kappa shape index (κ2) is 7.51. The molecule has 0 saturated carbocycles. The lowest BCUT2D eigenvalue weighted by molar-refractivity contribution is -0.423. The first kappa shape index (κ1) is 20.0. The van der Waals surface area contributed by atoms with E-state index in [0.29, 0.717) is 12.2 Å². The minimum absolute atomic E-state index is 0.0355. The molecule has 0 aliphatic heterocycles. The molecule has 10 heteroatoms. The highest BCUT2D eigenvalue weighted by atomic mass is 35.5. The van der Waals surface area contributed by atoms with Gasteiger partial charge < -0.3 is 5.11 Å². The van der Waals surface area contributed by atoms with Crippen LogP contribution in [0, 0.1) is 10.1 Å². The van der Waals surface area contributed by atoms with Crippen LogP contribution in [-0.2, 0) is 4.79 Å². The van der Waals surface area contributed by atoms with Gasteiger partial charge >= 0.3 is 5.97 Å². The normalized spacial score (nSPS) is 19.1. The van der Waals surface area contributed by atoms with E-state index in [0.717, 1.165) is 6.08 Å². The van der Waals surface area contributed by atoms with Gasteiger partial charge in [-0.1, -0.05) is 29.3 Å². The zero-order chi connectivity index (χ0) is 19.6. The van der Waals surface area contributed by atoms with Crippen LogP contribution in [0.4, 0.5) is 13.2 Å². The van der Waals surface area contributed by atoms with Crippen LogP contribution in [0.2, 0.25) is 10.0 Å². The highest BCUT2D eigenvalue weighted by Crippen LogP contribution is 2.39. The Kier molecular flexibility index (Phi) is 5.77. The van der Waals surface area contributed by atoms with E-state index in [-0.39, 0.29) is 15.6 Å². The van der Waals surface area contributed by atoms with Crippen LogP contribution in [-0.4, -0.2) is 28.1 Å². The summed E-state index contributed by atoms with van der Waals surface area (Å²) >= 11 is 11.7. The summed E-state index contributed by atoms with van der Waals surface area (Å²) in [5.41, 5.74) is -2.92. The summed E-state index contributed by atoms with van der Waals surface area (Å²) in [6.45, 7) is 0. The molecular weight excluding hydrogens is 398 g/mol. The van der Waals surface area contributed by atoms with E-state index in [1.54, 1.807) is 0 Å². The van der Waals surface area contributed by atoms with E-state index in [9.17, 15) is 28.1 Å². The van der Waals surface area contributed by atoms with E-state index in [1.807, 2.05) is 0 Å². The van der Waals surface area contributed by atoms with Crippen LogP contribution in [0.5, 0.6) is 0 Å². The average molecular weight is 408 g/mol. The Hall–Kier alpha value is -2.32. The van der Waals surface area contributed by atoms with Gasteiger partial charge in [-0.3, -0.25) is 14.9 Å². The zero-order valence-corrected chi connectivity index (χ0v) is 14.3. The van der Waals surface area contributed by atoms with Crippen LogP contribution >= 0.6 is 23.2 Å². The molecule has 1 aliphatic rings. The van der Waals surface area contributed by atoms with Crippen LogP contribution < -0.4 is 0 Å². The van der Waals surface area contributed by atoms with Gasteiger partial charge in [0.25, 0.3) is 11.6 Å². The highest BCUT2D eigenvalue weighted by Gasteiger charge is 2.45. The van der Waals surface area contributed by atoms with Crippen molar-refractivity contribution in [1.29, 1.82) is 0 Å². The molecule has 0 fully saturated rings. The van der Waals surface area contributed by atoms with E-state index in [2.05, 4.69) is 0 Å². The van der Waals surface area contributed by atoms with Gasteiger partial charge in [-0.05, 0) is 35.9 Å². The monoisotopic (exact) mass is 407 g/mol. The van der Waals surface area contributed by atoms with Crippen molar-refractivity contribution in [3.8, 4) is 0 Å². The van der Waals surface area contributed by atoms with E-state index < -0.39 is 46.3 Å². The van der Waals surface area contributed by atoms with E-state index in [4.69, 9.17) is 28.3 Å². The van der Waals surface area contributed by atoms with Crippen molar-refractivity contribution in [1.82, 2.24) is 0 Å². The first-order valence-corrected chi connectivity index (χ1v) is 7.76. The Bertz CT molecular complexity index is 865. The number of nitrogens with zero attached hydrogens (tertiary/aromatic N) is 1. The molecule has 0 heterocycles. The molecule has 0 amide bonds. The maximum Gasteiger partial charge on any atom is 0.309 e. The predicted octanol–water partition coefficient (Wildman–Crippen LogP) is 4.93. The lowest BCUT2D eigenvalue weighted by Gasteiger charge is -2.21. The summed E-state index contributed by atoms with van der Waals surface area (Å²) in [5.74, 6) is -5.92. The van der Waals surface area contributed by atoms with Crippen molar-refractivity contribution in [2.45, 2.75) is 18.5 Å². The maximum atomic E-state index is 14.3. The molecule has 138 valence electrons. The van der Waals surface area contributed by atoms with E-state index >= 15 is 0 Å². The van der Waals surface area contributed by atoms with Gasteiger partial charge in [-0.15, -0.1) is 0 Å². The van der Waals surface area contributed by atoms with Crippen molar-refractivity contribution in [2.24, 2.45) is 0 Å². The van der Waals surface area contributed by atoms with Gasteiger partial charge in [0.05, 0.1) is 16.1 Å². The molecule has 0 bridgehead atoms. The molecule has 1 atom stereocenters. The zero-order valence-electron chi connectivity index (χ0n) is 12.8. The fourth-order valence-electron chi connectivity index (χ4n) is 2.37. The quantitative estimate of drug-likeness (QED) is 0.554. The molecule has 0 radical (unpaired) electrons. The minimum atomic E-state index is -4.06. The van der Waals surface area contributed by atoms with Crippen LogP contribution in [0.3, 0.4) is 0 Å². The first-order valence-electron chi connectivity index (χ1n) is 7.01. The van der Waals surface area contributed by atoms with Crippen molar-refractivity contribution in [3.05, 3.63) is 72.9 Å². The molecule has 1 aromatic rings. The molecule has 0 aromatic heterocycles. The lowest BCUT2D eigenvalue weighted by Crippen LogP contribution is -2.29. The standard InChI is InChI=1S/C16H10Cl2F3NO4/c17-9-2-1-8(12(18)6-9)5-10-13(19)4-3-11(15(10)22(25)26)16(20,21)7-14(23)24/h1-6,13H,7H2,(H,23,24)/b10-5+. The maximum absolute atomic E-state index is 14.3. The third-order valence-corrected chi connectivity index (χ3v) is 4.04. The van der Waals surface area contributed by atoms with Crippen LogP contribution in [0.15, 0.2) is 47.2 Å². The topological polar surface area (TPSA) is 80.4 Å². The fourth-order valence-corrected chi connectivity index (χ4v) is 2.83. The molecule has 1 unspecified atom stereocenters. The van der Waals surface area contributed by atoms with Gasteiger partial charge in [-0.2, -0.15) is 0 Å². The number of rotatable bonds is 5. The fraction of sp³-hybridized carbons (Fsp3) is 0.188. The lowest BCUT2D eigenvalue weighted by atomic mass is 9.90. The van der Waals surface area contributed by atoms with Crippen LogP contribution in [0.25, 0.3) is 6.08 Å². The largest absolute Gasteiger partial charge is 0.481 e. The molecule has 26 heavy (non-hydrogen) atoms. The third-order valence-electron chi connectivity index (χ3n) is 3.48. The average Bonchev–Trinajstić information content (AvgIpc) is 2.49. The molecule has 2 rings (SSSR count). The van der Waals surface area contributed by atoms with E-state index in [1.165, 1.54) is 18.2 Å². The number of carbonyl (C=O) groups is 1. The van der Waals surface area contributed by atoms with Crippen molar-refractivity contribution < 1.29 is 28.0 Å². The summed E-state index contributed by atoms with van der Waals surface area (Å²) in [4.78, 5) is 20.8. The minimum Gasteiger partial charge on any atom is -0.481 e. The molecule has 1 N–H and O–H groups in total. The number of alkyl halides is 3. The number of benzene rings is 1. The summed E-state index contributed by atoms with van der Waals surface area (Å²) in [6, 6.07) is 4.04. The Labute approximate surface area is 155 Å². The smallest absolute Gasteiger partial charge is 0.309 e. The van der Waals surface area contributed by atoms with Crippen LogP contribution in [0.1, 0.15) is 12.0 Å². The number of halogens is 5. The molecule has 1 aromatic carbocycles. The summed E-state index contributed by atoms with van der Waals surface area (Å²) in [6.07, 6.45) is -1.54. The van der Waals surface area contributed by atoms with Crippen molar-refractivity contribution in [3.63, 3.8) is 0 Å². The second-order valence-corrected chi connectivity index (χ2v) is 6.16. The first-order chi connectivity index (χ1) is 12.0. The number of allylic oxidation sites excluding steroid dienone is 4. The Morgan fingerprint density at radius 2 is 2.04 bits per heavy atom. The summed E-state index contributed by atoms with van der Waals surface area (Å²) in [7, 11) is 0.